The third-order valence-electron chi connectivity index (χ3n) is 4.30. The van der Waals surface area contributed by atoms with E-state index < -0.39 is 5.97 Å². The molecule has 0 heterocycles. The fourth-order valence-electron chi connectivity index (χ4n) is 2.65. The van der Waals surface area contributed by atoms with E-state index in [9.17, 15) is 15.0 Å². The highest BCUT2D eigenvalue weighted by atomic mass is 16.5. The van der Waals surface area contributed by atoms with E-state index in [0.717, 1.165) is 11.1 Å². The molecule has 0 radical (unpaired) electrons. The van der Waals surface area contributed by atoms with Crippen LogP contribution < -0.4 is 9.47 Å². The van der Waals surface area contributed by atoms with Crippen LogP contribution in [0.2, 0.25) is 0 Å². The van der Waals surface area contributed by atoms with Crippen LogP contribution in [-0.2, 0) is 10.2 Å². The zero-order valence-electron chi connectivity index (χ0n) is 17.7. The molecule has 0 unspecified atom stereocenters. The number of rotatable bonds is 7. The van der Waals surface area contributed by atoms with Crippen molar-refractivity contribution in [3.63, 3.8) is 0 Å². The Balaban J connectivity index is 0.000000612. The Labute approximate surface area is 172 Å². The zero-order chi connectivity index (χ0) is 22.2. The van der Waals surface area contributed by atoms with Gasteiger partial charge in [0.05, 0.1) is 13.2 Å². The highest BCUT2D eigenvalue weighted by Crippen LogP contribution is 2.46. The van der Waals surface area contributed by atoms with Crippen LogP contribution in [0.25, 0.3) is 0 Å². The summed E-state index contributed by atoms with van der Waals surface area (Å²) in [5, 5.41) is 27.5. The molecule has 29 heavy (non-hydrogen) atoms. The van der Waals surface area contributed by atoms with Gasteiger partial charge in [-0.3, -0.25) is 0 Å². The Morgan fingerprint density at radius 3 is 1.90 bits per heavy atom. The molecule has 0 aliphatic heterocycles. The highest BCUT2D eigenvalue weighted by Gasteiger charge is 2.30. The summed E-state index contributed by atoms with van der Waals surface area (Å²) in [4.78, 5) is 9.60. The summed E-state index contributed by atoms with van der Waals surface area (Å²) < 4.78 is 11.4. The van der Waals surface area contributed by atoms with Crippen molar-refractivity contribution in [2.75, 3.05) is 13.2 Å². The van der Waals surface area contributed by atoms with E-state index in [2.05, 4.69) is 20.4 Å². The molecule has 0 bridgehead atoms. The van der Waals surface area contributed by atoms with E-state index in [-0.39, 0.29) is 22.5 Å². The number of carboxylic acids is 1. The maximum Gasteiger partial charge on any atom is 0.330 e. The molecule has 0 spiro atoms. The van der Waals surface area contributed by atoms with Crippen LogP contribution >= 0.6 is 0 Å². The molecule has 0 amide bonds. The summed E-state index contributed by atoms with van der Waals surface area (Å²) in [6, 6.07) is 10.6. The van der Waals surface area contributed by atoms with E-state index in [0.29, 0.717) is 24.7 Å². The van der Waals surface area contributed by atoms with Crippen molar-refractivity contribution in [3.05, 3.63) is 59.7 Å². The molecule has 2 aromatic rings. The summed E-state index contributed by atoms with van der Waals surface area (Å²) in [6.45, 7) is 13.4. The molecule has 6 heteroatoms. The number of hydrogen-bond donors (Lipinski definition) is 3. The second kappa shape index (κ2) is 10.4. The van der Waals surface area contributed by atoms with Gasteiger partial charge in [0.1, 0.15) is 5.75 Å². The van der Waals surface area contributed by atoms with Gasteiger partial charge in [-0.25, -0.2) is 4.79 Å². The quantitative estimate of drug-likeness (QED) is 0.572. The molecule has 0 saturated heterocycles. The smallest absolute Gasteiger partial charge is 0.330 e. The molecule has 0 fully saturated rings. The van der Waals surface area contributed by atoms with Gasteiger partial charge >= 0.3 is 5.97 Å². The molecule has 6 nitrogen and oxygen atoms in total. The predicted molar refractivity (Wildman–Crippen MR) is 113 cm³/mol. The maximum atomic E-state index is 10.1. The third kappa shape index (κ3) is 6.17. The lowest BCUT2D eigenvalue weighted by molar-refractivity contribution is -0.132. The van der Waals surface area contributed by atoms with Crippen molar-refractivity contribution in [3.8, 4) is 23.0 Å². The van der Waals surface area contributed by atoms with Gasteiger partial charge in [0.2, 0.25) is 5.75 Å². The third-order valence-corrected chi connectivity index (χ3v) is 4.30. The minimum absolute atomic E-state index is 0.0700. The fourth-order valence-corrected chi connectivity index (χ4v) is 2.65. The van der Waals surface area contributed by atoms with Crippen LogP contribution in [0.4, 0.5) is 0 Å². The molecule has 3 N–H and O–H groups in total. The molecule has 0 atom stereocenters. The number of phenols is 2. The first-order valence-corrected chi connectivity index (χ1v) is 9.36. The molecule has 0 aromatic heterocycles. The van der Waals surface area contributed by atoms with Gasteiger partial charge in [-0.2, -0.15) is 0 Å². The van der Waals surface area contributed by atoms with Crippen molar-refractivity contribution < 1.29 is 29.6 Å². The summed E-state index contributed by atoms with van der Waals surface area (Å²) in [5.41, 5.74) is 1.75. The minimum Gasteiger partial charge on any atom is -0.508 e. The van der Waals surface area contributed by atoms with E-state index >= 15 is 0 Å². The van der Waals surface area contributed by atoms with E-state index in [1.54, 1.807) is 18.2 Å². The summed E-state index contributed by atoms with van der Waals surface area (Å²) in [6.07, 6.45) is 0. The van der Waals surface area contributed by atoms with Gasteiger partial charge in [0.25, 0.3) is 0 Å². The van der Waals surface area contributed by atoms with Crippen molar-refractivity contribution >= 4 is 5.97 Å². The van der Waals surface area contributed by atoms with Crippen LogP contribution in [0.5, 0.6) is 23.0 Å². The van der Waals surface area contributed by atoms with Crippen LogP contribution in [0.3, 0.4) is 0 Å². The highest BCUT2D eigenvalue weighted by molar-refractivity contribution is 5.84. The van der Waals surface area contributed by atoms with E-state index in [1.807, 2.05) is 32.0 Å². The molecule has 0 aliphatic rings. The van der Waals surface area contributed by atoms with Gasteiger partial charge in [0, 0.05) is 16.6 Å². The number of benzene rings is 2. The summed E-state index contributed by atoms with van der Waals surface area (Å²) >= 11 is 0. The van der Waals surface area contributed by atoms with Crippen LogP contribution in [-0.4, -0.2) is 34.5 Å². The fraction of sp³-hybridized carbons (Fsp3) is 0.348. The van der Waals surface area contributed by atoms with Gasteiger partial charge in [-0.15, -0.1) is 0 Å². The van der Waals surface area contributed by atoms with Crippen molar-refractivity contribution in [2.45, 2.75) is 40.0 Å². The molecule has 2 rings (SSSR count). The van der Waals surface area contributed by atoms with Crippen molar-refractivity contribution in [1.29, 1.82) is 0 Å². The second-order valence-electron chi connectivity index (χ2n) is 6.91. The number of aromatic hydroxyl groups is 2. The van der Waals surface area contributed by atoms with E-state index in [1.165, 1.54) is 6.92 Å². The topological polar surface area (TPSA) is 96.2 Å². The lowest BCUT2D eigenvalue weighted by Gasteiger charge is -2.29. The van der Waals surface area contributed by atoms with Gasteiger partial charge in [0.15, 0.2) is 11.5 Å². The van der Waals surface area contributed by atoms with Gasteiger partial charge in [-0.05, 0) is 44.5 Å². The van der Waals surface area contributed by atoms with Gasteiger partial charge < -0.3 is 24.8 Å². The Kier molecular flexibility index (Phi) is 8.57. The first-order chi connectivity index (χ1) is 13.6. The summed E-state index contributed by atoms with van der Waals surface area (Å²) in [7, 11) is 0. The number of phenolic OH excluding ortho intramolecular Hbond substituents is 2. The standard InChI is InChI=1S/C19H24O4.C4H6O2/c1-5-22-17-15(11-12-16(21)18(17)23-6-2)19(3,4)13-7-9-14(20)10-8-13;1-3(2)4(5)6/h7-12,20-21H,5-6H2,1-4H3;1H2,2H3,(H,5,6). The molecular formula is C23H30O6. The predicted octanol–water partition coefficient (Wildman–Crippen LogP) is 4.87. The lowest BCUT2D eigenvalue weighted by Crippen LogP contribution is -2.20. The number of carbonyl (C=O) groups is 1. The molecular weight excluding hydrogens is 372 g/mol. The Morgan fingerprint density at radius 1 is 0.966 bits per heavy atom. The Hall–Kier alpha value is -3.15. The first-order valence-electron chi connectivity index (χ1n) is 9.36. The van der Waals surface area contributed by atoms with Crippen LogP contribution in [0.1, 0.15) is 45.7 Å². The average Bonchev–Trinajstić information content (AvgIpc) is 2.65. The lowest BCUT2D eigenvalue weighted by atomic mass is 9.77. The first kappa shape index (κ1) is 23.9. The largest absolute Gasteiger partial charge is 0.508 e. The zero-order valence-corrected chi connectivity index (χ0v) is 17.7. The van der Waals surface area contributed by atoms with Crippen LogP contribution in [0, 0.1) is 0 Å². The second-order valence-corrected chi connectivity index (χ2v) is 6.91. The Bertz CT molecular complexity index is 825. The van der Waals surface area contributed by atoms with Crippen molar-refractivity contribution in [2.24, 2.45) is 0 Å². The molecule has 0 aliphatic carbocycles. The Morgan fingerprint density at radius 2 is 1.45 bits per heavy atom. The molecule has 158 valence electrons. The van der Waals surface area contributed by atoms with Gasteiger partial charge in [-0.1, -0.05) is 38.6 Å². The van der Waals surface area contributed by atoms with E-state index in [4.69, 9.17) is 14.6 Å². The average molecular weight is 402 g/mol. The number of aliphatic carboxylic acids is 1. The SMILES string of the molecule is C=C(C)C(=O)O.CCOc1c(O)ccc(C(C)(C)c2ccc(O)cc2)c1OCC. The normalized spacial score (nSPS) is 10.5. The number of hydrogen-bond acceptors (Lipinski definition) is 5. The number of carboxylic acid groups (broad SMARTS) is 1. The molecule has 2 aromatic carbocycles. The maximum absolute atomic E-state index is 10.1. The van der Waals surface area contributed by atoms with Crippen molar-refractivity contribution in [1.82, 2.24) is 0 Å². The molecule has 0 saturated carbocycles. The summed E-state index contributed by atoms with van der Waals surface area (Å²) in [5.74, 6) is 0.303. The minimum atomic E-state index is -0.935. The van der Waals surface area contributed by atoms with Crippen LogP contribution in [0.15, 0.2) is 48.6 Å². The number of ether oxygens (including phenoxy) is 2. The monoisotopic (exact) mass is 402 g/mol.